The van der Waals surface area contributed by atoms with E-state index in [-0.39, 0.29) is 12.7 Å². The third kappa shape index (κ3) is 2.83. The van der Waals surface area contributed by atoms with Gasteiger partial charge in [0.2, 0.25) is 0 Å². The standard InChI is InChI=1S/C18H24N2O3/c21-12-17-11-20(18(22)23-17)16-5-4-13-6-8-19(15-2-1-3-15)9-7-14(13)10-16/h4-5,10,15,17,21H,1-3,6-9,11-12H2/t17-/m1/s1. The maximum Gasteiger partial charge on any atom is 0.414 e. The Morgan fingerprint density at radius 2 is 1.96 bits per heavy atom. The Hall–Kier alpha value is -1.59. The van der Waals surface area contributed by atoms with Gasteiger partial charge in [-0.2, -0.15) is 0 Å². The molecule has 0 bridgehead atoms. The molecule has 23 heavy (non-hydrogen) atoms. The number of nitrogens with zero attached hydrogens (tertiary/aromatic N) is 2. The molecule has 1 saturated carbocycles. The molecule has 0 radical (unpaired) electrons. The normalized spacial score (nSPS) is 25.7. The molecular weight excluding hydrogens is 292 g/mol. The molecule has 1 atom stereocenters. The van der Waals surface area contributed by atoms with Crippen LogP contribution in [0, 0.1) is 0 Å². The summed E-state index contributed by atoms with van der Waals surface area (Å²) in [5, 5.41) is 9.18. The lowest BCUT2D eigenvalue weighted by Gasteiger charge is -2.36. The number of aliphatic hydroxyl groups excluding tert-OH is 1. The molecule has 2 heterocycles. The van der Waals surface area contributed by atoms with Gasteiger partial charge in [0.05, 0.1) is 13.2 Å². The molecule has 2 fully saturated rings. The minimum atomic E-state index is -0.407. The van der Waals surface area contributed by atoms with E-state index in [1.54, 1.807) is 4.90 Å². The highest BCUT2D eigenvalue weighted by Gasteiger charge is 2.32. The number of hydrogen-bond donors (Lipinski definition) is 1. The van der Waals surface area contributed by atoms with E-state index in [4.69, 9.17) is 4.74 Å². The molecule has 0 aromatic heterocycles. The van der Waals surface area contributed by atoms with Gasteiger partial charge < -0.3 is 9.84 Å². The molecule has 0 spiro atoms. The minimum Gasteiger partial charge on any atom is -0.441 e. The summed E-state index contributed by atoms with van der Waals surface area (Å²) in [6.07, 6.45) is 5.46. The highest BCUT2D eigenvalue weighted by atomic mass is 16.6. The van der Waals surface area contributed by atoms with Crippen LogP contribution in [0.4, 0.5) is 10.5 Å². The van der Waals surface area contributed by atoms with E-state index in [9.17, 15) is 9.90 Å². The van der Waals surface area contributed by atoms with Crippen molar-refractivity contribution in [1.82, 2.24) is 4.90 Å². The predicted molar refractivity (Wildman–Crippen MR) is 87.8 cm³/mol. The topological polar surface area (TPSA) is 53.0 Å². The number of benzene rings is 1. The van der Waals surface area contributed by atoms with Crippen LogP contribution in [0.3, 0.4) is 0 Å². The minimum absolute atomic E-state index is 0.121. The van der Waals surface area contributed by atoms with Crippen LogP contribution in [0.2, 0.25) is 0 Å². The van der Waals surface area contributed by atoms with Crippen molar-refractivity contribution in [2.24, 2.45) is 0 Å². The summed E-state index contributed by atoms with van der Waals surface area (Å²) in [5.74, 6) is 0. The van der Waals surface area contributed by atoms with Crippen LogP contribution in [-0.2, 0) is 17.6 Å². The first-order valence-corrected chi connectivity index (χ1v) is 8.69. The average molecular weight is 316 g/mol. The summed E-state index contributed by atoms with van der Waals surface area (Å²) in [5.41, 5.74) is 3.65. The molecule has 124 valence electrons. The lowest BCUT2D eigenvalue weighted by Crippen LogP contribution is -2.41. The number of fused-ring (bicyclic) bond motifs is 1. The number of aliphatic hydroxyl groups is 1. The molecule has 1 aliphatic carbocycles. The maximum atomic E-state index is 12.0. The van der Waals surface area contributed by atoms with E-state index in [1.807, 2.05) is 6.07 Å². The fourth-order valence-electron chi connectivity index (χ4n) is 3.84. The lowest BCUT2D eigenvalue weighted by atomic mass is 9.91. The van der Waals surface area contributed by atoms with Gasteiger partial charge in [0.15, 0.2) is 0 Å². The van der Waals surface area contributed by atoms with Gasteiger partial charge in [-0.25, -0.2) is 4.79 Å². The number of ether oxygens (including phenoxy) is 1. The second-order valence-electron chi connectivity index (χ2n) is 6.87. The number of carbonyl (C=O) groups is 1. The zero-order chi connectivity index (χ0) is 15.8. The quantitative estimate of drug-likeness (QED) is 0.926. The summed E-state index contributed by atoms with van der Waals surface area (Å²) in [4.78, 5) is 16.2. The number of cyclic esters (lactones) is 1. The molecule has 1 aromatic carbocycles. The highest BCUT2D eigenvalue weighted by molar-refractivity contribution is 5.89. The first-order valence-electron chi connectivity index (χ1n) is 8.69. The van der Waals surface area contributed by atoms with Crippen LogP contribution in [0.15, 0.2) is 18.2 Å². The largest absolute Gasteiger partial charge is 0.441 e. The van der Waals surface area contributed by atoms with Crippen LogP contribution >= 0.6 is 0 Å². The Bertz CT molecular complexity index is 600. The number of amides is 1. The van der Waals surface area contributed by atoms with Crippen LogP contribution in [0.25, 0.3) is 0 Å². The number of anilines is 1. The van der Waals surface area contributed by atoms with E-state index in [2.05, 4.69) is 17.0 Å². The smallest absolute Gasteiger partial charge is 0.414 e. The van der Waals surface area contributed by atoms with Gasteiger partial charge in [-0.05, 0) is 48.9 Å². The predicted octanol–water partition coefficient (Wildman–Crippen LogP) is 1.96. The Labute approximate surface area is 136 Å². The average Bonchev–Trinajstić information content (AvgIpc) is 2.77. The van der Waals surface area contributed by atoms with Crippen molar-refractivity contribution in [3.8, 4) is 0 Å². The molecule has 2 aliphatic heterocycles. The first kappa shape index (κ1) is 15.0. The Morgan fingerprint density at radius 1 is 1.17 bits per heavy atom. The Balaban J connectivity index is 1.51. The molecule has 1 N–H and O–H groups in total. The van der Waals surface area contributed by atoms with E-state index in [1.165, 1.54) is 30.4 Å². The van der Waals surface area contributed by atoms with Crippen molar-refractivity contribution >= 4 is 11.8 Å². The van der Waals surface area contributed by atoms with E-state index < -0.39 is 6.10 Å². The lowest BCUT2D eigenvalue weighted by molar-refractivity contribution is 0.0963. The Kier molecular flexibility index (Phi) is 3.99. The number of rotatable bonds is 3. The van der Waals surface area contributed by atoms with Gasteiger partial charge in [0.1, 0.15) is 6.10 Å². The van der Waals surface area contributed by atoms with Crippen molar-refractivity contribution in [1.29, 1.82) is 0 Å². The summed E-state index contributed by atoms with van der Waals surface area (Å²) in [6, 6.07) is 7.11. The van der Waals surface area contributed by atoms with Gasteiger partial charge in [-0.15, -0.1) is 0 Å². The molecule has 4 rings (SSSR count). The number of carbonyl (C=O) groups excluding carboxylic acids is 1. The van der Waals surface area contributed by atoms with E-state index >= 15 is 0 Å². The highest BCUT2D eigenvalue weighted by Crippen LogP contribution is 2.30. The van der Waals surface area contributed by atoms with E-state index in [0.717, 1.165) is 37.7 Å². The Morgan fingerprint density at radius 3 is 2.61 bits per heavy atom. The van der Waals surface area contributed by atoms with Crippen molar-refractivity contribution in [2.45, 2.75) is 44.2 Å². The van der Waals surface area contributed by atoms with Crippen LogP contribution in [0.5, 0.6) is 0 Å². The van der Waals surface area contributed by atoms with Crippen molar-refractivity contribution < 1.29 is 14.6 Å². The van der Waals surface area contributed by atoms with Crippen molar-refractivity contribution in [3.63, 3.8) is 0 Å². The van der Waals surface area contributed by atoms with Gasteiger partial charge in [-0.1, -0.05) is 12.5 Å². The SMILES string of the molecule is O=C1O[C@@H](CO)CN1c1ccc2c(c1)CCN(C1CCC1)CC2. The van der Waals surface area contributed by atoms with Gasteiger partial charge in [0.25, 0.3) is 0 Å². The third-order valence-electron chi connectivity index (χ3n) is 5.51. The molecule has 3 aliphatic rings. The second-order valence-corrected chi connectivity index (χ2v) is 6.87. The zero-order valence-corrected chi connectivity index (χ0v) is 13.4. The van der Waals surface area contributed by atoms with Gasteiger partial charge in [0, 0.05) is 24.8 Å². The summed E-state index contributed by atoms with van der Waals surface area (Å²) in [6.45, 7) is 2.58. The van der Waals surface area contributed by atoms with Crippen molar-refractivity contribution in [2.75, 3.05) is 31.1 Å². The van der Waals surface area contributed by atoms with Gasteiger partial charge >= 0.3 is 6.09 Å². The first-order chi connectivity index (χ1) is 11.2. The van der Waals surface area contributed by atoms with E-state index in [0.29, 0.717) is 6.54 Å². The fourth-order valence-corrected chi connectivity index (χ4v) is 3.84. The molecule has 1 amide bonds. The van der Waals surface area contributed by atoms with Crippen LogP contribution < -0.4 is 4.90 Å². The van der Waals surface area contributed by atoms with Gasteiger partial charge in [-0.3, -0.25) is 9.80 Å². The molecule has 5 nitrogen and oxygen atoms in total. The summed E-state index contributed by atoms with van der Waals surface area (Å²) < 4.78 is 5.15. The monoisotopic (exact) mass is 316 g/mol. The molecule has 1 aromatic rings. The molecule has 5 heteroatoms. The van der Waals surface area contributed by atoms with Crippen LogP contribution in [0.1, 0.15) is 30.4 Å². The molecule has 0 unspecified atom stereocenters. The maximum absolute atomic E-state index is 12.0. The van der Waals surface area contributed by atoms with Crippen molar-refractivity contribution in [3.05, 3.63) is 29.3 Å². The number of hydrogen-bond acceptors (Lipinski definition) is 4. The summed E-state index contributed by atoms with van der Waals surface area (Å²) in [7, 11) is 0. The molecule has 1 saturated heterocycles. The summed E-state index contributed by atoms with van der Waals surface area (Å²) >= 11 is 0. The molecular formula is C18H24N2O3. The third-order valence-corrected chi connectivity index (χ3v) is 5.51. The fraction of sp³-hybridized carbons (Fsp3) is 0.611. The second kappa shape index (κ2) is 6.13. The zero-order valence-electron chi connectivity index (χ0n) is 13.4. The van der Waals surface area contributed by atoms with Crippen LogP contribution in [-0.4, -0.2) is 54.5 Å².